The second kappa shape index (κ2) is 5.08. The quantitative estimate of drug-likeness (QED) is 0.363. The van der Waals surface area contributed by atoms with Gasteiger partial charge in [-0.15, -0.1) is 0 Å². The first kappa shape index (κ1) is 11.4. The van der Waals surface area contributed by atoms with Gasteiger partial charge in [-0.3, -0.25) is 9.59 Å². The van der Waals surface area contributed by atoms with Gasteiger partial charge < -0.3 is 11.1 Å². The van der Waals surface area contributed by atoms with E-state index in [1.807, 2.05) is 0 Å². The molecule has 60 valence electrons. The summed E-state index contributed by atoms with van der Waals surface area (Å²) < 4.78 is 4.53. The van der Waals surface area contributed by atoms with Crippen LogP contribution in [-0.2, 0) is 4.79 Å². The Morgan fingerprint density at radius 1 is 1.75 bits per heavy atom. The summed E-state index contributed by atoms with van der Waals surface area (Å²) in [6.07, 6.45) is 1.17. The first-order chi connectivity index (χ1) is 5.18. The number of carbonyl (C=O) groups is 1. The third-order valence-corrected chi connectivity index (χ3v) is 0.901. The number of nitrogens with one attached hydrogen (secondary N) is 1. The topological polar surface area (TPSA) is 72.1 Å². The molecule has 1 aromatic heterocycles. The molecule has 0 fully saturated rings. The molecule has 6 heteroatoms. The number of esters is 1. The second-order valence-electron chi connectivity index (χ2n) is 1.84. The second-order valence-corrected chi connectivity index (χ2v) is 1.84. The van der Waals surface area contributed by atoms with Crippen molar-refractivity contribution in [3.8, 4) is 5.88 Å². The molecule has 0 aliphatic heterocycles. The van der Waals surface area contributed by atoms with Gasteiger partial charge in [-0.25, -0.2) is 4.98 Å². The Labute approximate surface area is 91.9 Å². The number of nitrogens with zero attached hydrogens (tertiary/aromatic N) is 1. The van der Waals surface area contributed by atoms with E-state index in [1.54, 1.807) is 0 Å². The summed E-state index contributed by atoms with van der Waals surface area (Å²) in [6.45, 7) is 1.24. The predicted octanol–water partition coefficient (Wildman–Crippen LogP) is -3.19. The molecule has 1 aromatic rings. The number of ether oxygens (including phenoxy) is 1. The van der Waals surface area contributed by atoms with Gasteiger partial charge in [0, 0.05) is 6.92 Å². The van der Waals surface area contributed by atoms with Crippen molar-refractivity contribution in [3.63, 3.8) is 0 Å². The molecule has 0 unspecified atom stereocenters. The monoisotopic (exact) mass is 178 g/mol. The molecule has 0 radical (unpaired) electrons. The summed E-state index contributed by atoms with van der Waals surface area (Å²) in [5, 5.41) is 0. The van der Waals surface area contributed by atoms with Crippen LogP contribution in [0, 0.1) is 0 Å². The van der Waals surface area contributed by atoms with E-state index >= 15 is 0 Å². The van der Waals surface area contributed by atoms with Gasteiger partial charge >= 0.3 is 35.5 Å². The molecular formula is C6H7N2NaO3. The predicted molar refractivity (Wildman–Crippen MR) is 37.3 cm³/mol. The molecule has 0 saturated heterocycles. The number of H-pyrrole nitrogens is 1. The summed E-state index contributed by atoms with van der Waals surface area (Å²) in [4.78, 5) is 26.8. The summed E-state index contributed by atoms with van der Waals surface area (Å²) in [6, 6.07) is 1.10. The van der Waals surface area contributed by atoms with Crippen molar-refractivity contribution in [3.05, 3.63) is 22.7 Å². The zero-order valence-corrected chi connectivity index (χ0v) is 8.83. The fourth-order valence-electron chi connectivity index (χ4n) is 0.554. The molecule has 1 heterocycles. The zero-order chi connectivity index (χ0) is 8.27. The van der Waals surface area contributed by atoms with Crippen molar-refractivity contribution in [2.45, 2.75) is 6.92 Å². The van der Waals surface area contributed by atoms with E-state index in [0.29, 0.717) is 0 Å². The maximum atomic E-state index is 10.6. The Morgan fingerprint density at radius 2 is 2.42 bits per heavy atom. The van der Waals surface area contributed by atoms with Crippen LogP contribution in [-0.4, -0.2) is 15.9 Å². The third-order valence-electron chi connectivity index (χ3n) is 0.901. The molecule has 1 rings (SSSR count). The molecule has 0 bridgehead atoms. The fourth-order valence-corrected chi connectivity index (χ4v) is 0.554. The minimum absolute atomic E-state index is 0. The van der Waals surface area contributed by atoms with E-state index < -0.39 is 5.97 Å². The number of rotatable bonds is 1. The maximum absolute atomic E-state index is 10.6. The molecule has 0 aromatic carbocycles. The molecule has 0 aliphatic carbocycles. The van der Waals surface area contributed by atoms with E-state index in [2.05, 4.69) is 14.7 Å². The van der Waals surface area contributed by atoms with Crippen molar-refractivity contribution < 1.29 is 40.5 Å². The summed E-state index contributed by atoms with van der Waals surface area (Å²) in [5.74, 6) is -0.482. The maximum Gasteiger partial charge on any atom is 1.00 e. The van der Waals surface area contributed by atoms with Crippen LogP contribution in [0.4, 0.5) is 0 Å². The van der Waals surface area contributed by atoms with Crippen LogP contribution in [0.5, 0.6) is 5.88 Å². The van der Waals surface area contributed by atoms with Gasteiger partial charge in [0.1, 0.15) is 0 Å². The molecule has 1 N–H and O–H groups in total. The summed E-state index contributed by atoms with van der Waals surface area (Å²) >= 11 is 0. The molecular weight excluding hydrogens is 171 g/mol. The Morgan fingerprint density at radius 3 is 2.92 bits per heavy atom. The average molecular weight is 178 g/mol. The fraction of sp³-hybridized carbons (Fsp3) is 0.167. The normalized spacial score (nSPS) is 8.42. The summed E-state index contributed by atoms with van der Waals surface area (Å²) in [5.41, 5.74) is -0.351. The van der Waals surface area contributed by atoms with E-state index in [1.165, 1.54) is 13.3 Å². The molecule has 12 heavy (non-hydrogen) atoms. The molecule has 0 atom stereocenters. The van der Waals surface area contributed by atoms with Crippen molar-refractivity contribution in [2.24, 2.45) is 0 Å². The molecule has 0 aliphatic rings. The number of carbonyl (C=O) groups excluding carboxylic acids is 1. The van der Waals surface area contributed by atoms with E-state index in [-0.39, 0.29) is 42.4 Å². The number of hydrogen-bond donors (Lipinski definition) is 1. The van der Waals surface area contributed by atoms with Gasteiger partial charge in [-0.2, -0.15) is 0 Å². The average Bonchev–Trinajstić information content (AvgIpc) is 1.85. The number of hydrogen-bond acceptors (Lipinski definition) is 4. The van der Waals surface area contributed by atoms with Crippen LogP contribution >= 0.6 is 0 Å². The molecule has 0 amide bonds. The Hall–Kier alpha value is -0.650. The van der Waals surface area contributed by atoms with E-state index in [9.17, 15) is 9.59 Å². The smallest absolute Gasteiger partial charge is 1.00 e. The Bertz CT molecular complexity index is 328. The SMILES string of the molecule is CC(=O)Oc1cc(=O)[nH]cn1.[H-].[Na+]. The van der Waals surface area contributed by atoms with E-state index in [4.69, 9.17) is 0 Å². The largest absolute Gasteiger partial charge is 1.00 e. The van der Waals surface area contributed by atoms with E-state index in [0.717, 1.165) is 6.07 Å². The summed E-state index contributed by atoms with van der Waals surface area (Å²) in [7, 11) is 0. The van der Waals surface area contributed by atoms with Gasteiger partial charge in [-0.05, 0) is 0 Å². The standard InChI is InChI=1S/C6H6N2O3.Na.H/c1-4(9)11-6-2-5(10)7-3-8-6;;/h2-3H,1H3,(H,7,8,10);;/q;+1;-1. The molecule has 0 saturated carbocycles. The first-order valence-corrected chi connectivity index (χ1v) is 2.91. The van der Waals surface area contributed by atoms with Crippen LogP contribution in [0.1, 0.15) is 8.35 Å². The van der Waals surface area contributed by atoms with Crippen LogP contribution in [0.3, 0.4) is 0 Å². The van der Waals surface area contributed by atoms with Crippen molar-refractivity contribution in [1.29, 1.82) is 0 Å². The van der Waals surface area contributed by atoms with Crippen LogP contribution in [0.15, 0.2) is 17.2 Å². The van der Waals surface area contributed by atoms with Crippen molar-refractivity contribution in [1.82, 2.24) is 9.97 Å². The number of aromatic amines is 1. The Kier molecular flexibility index (Phi) is 4.80. The third kappa shape index (κ3) is 3.66. The van der Waals surface area contributed by atoms with Crippen molar-refractivity contribution in [2.75, 3.05) is 0 Å². The first-order valence-electron chi connectivity index (χ1n) is 2.91. The van der Waals surface area contributed by atoms with Gasteiger partial charge in [0.25, 0.3) is 5.56 Å². The van der Waals surface area contributed by atoms with Gasteiger partial charge in [0.15, 0.2) is 0 Å². The molecule has 0 spiro atoms. The molecule has 5 nitrogen and oxygen atoms in total. The minimum atomic E-state index is -0.497. The van der Waals surface area contributed by atoms with Crippen LogP contribution < -0.4 is 39.9 Å². The zero-order valence-electron chi connectivity index (χ0n) is 7.83. The number of aromatic nitrogens is 2. The Balaban J connectivity index is 0. The van der Waals surface area contributed by atoms with Gasteiger partial charge in [-0.1, -0.05) is 0 Å². The van der Waals surface area contributed by atoms with Gasteiger partial charge in [0.05, 0.1) is 12.4 Å². The van der Waals surface area contributed by atoms with Crippen molar-refractivity contribution >= 4 is 5.97 Å². The van der Waals surface area contributed by atoms with Gasteiger partial charge in [0.2, 0.25) is 5.88 Å². The minimum Gasteiger partial charge on any atom is -1.00 e. The van der Waals surface area contributed by atoms with Crippen LogP contribution in [0.25, 0.3) is 0 Å². The van der Waals surface area contributed by atoms with Crippen LogP contribution in [0.2, 0.25) is 0 Å².